The molecule has 1 N–H and O–H groups in total. The average molecular weight is 279 g/mol. The molecule has 6 nitrogen and oxygen atoms in total. The van der Waals surface area contributed by atoms with Crippen LogP contribution >= 0.6 is 0 Å². The minimum absolute atomic E-state index is 0.0162. The largest absolute Gasteiger partial charge is 0.481 e. The van der Waals surface area contributed by atoms with Crippen molar-refractivity contribution in [2.45, 2.75) is 33.2 Å². The second-order valence-electron chi connectivity index (χ2n) is 5.73. The second-order valence-corrected chi connectivity index (χ2v) is 5.73. The van der Waals surface area contributed by atoms with E-state index in [-0.39, 0.29) is 11.8 Å². The van der Waals surface area contributed by atoms with Crippen molar-refractivity contribution in [3.63, 3.8) is 0 Å². The fourth-order valence-corrected chi connectivity index (χ4v) is 2.74. The predicted octanol–water partition coefficient (Wildman–Crippen LogP) is 1.23. The van der Waals surface area contributed by atoms with Crippen molar-refractivity contribution in [3.8, 4) is 0 Å². The van der Waals surface area contributed by atoms with E-state index in [1.54, 1.807) is 17.4 Å². The van der Waals surface area contributed by atoms with Gasteiger partial charge >= 0.3 is 5.97 Å². The Morgan fingerprint density at radius 1 is 1.45 bits per heavy atom. The van der Waals surface area contributed by atoms with Gasteiger partial charge < -0.3 is 14.6 Å². The van der Waals surface area contributed by atoms with Crippen LogP contribution in [-0.4, -0.2) is 44.5 Å². The van der Waals surface area contributed by atoms with E-state index in [0.29, 0.717) is 32.5 Å². The lowest BCUT2D eigenvalue weighted by Crippen LogP contribution is -2.40. The number of aliphatic carboxylic acids is 1. The Balaban J connectivity index is 1.94. The summed E-state index contributed by atoms with van der Waals surface area (Å²) in [5.74, 6) is -0.758. The molecule has 20 heavy (non-hydrogen) atoms. The smallest absolute Gasteiger partial charge is 0.311 e. The molecule has 1 aliphatic heterocycles. The van der Waals surface area contributed by atoms with Crippen molar-refractivity contribution < 1.29 is 14.7 Å². The summed E-state index contributed by atoms with van der Waals surface area (Å²) in [5.41, 5.74) is -0.787. The van der Waals surface area contributed by atoms with Gasteiger partial charge in [-0.15, -0.1) is 0 Å². The number of rotatable bonds is 5. The Labute approximate surface area is 118 Å². The zero-order valence-corrected chi connectivity index (χ0v) is 12.0. The third kappa shape index (κ3) is 2.69. The molecule has 6 heteroatoms. The topological polar surface area (TPSA) is 75.4 Å². The van der Waals surface area contributed by atoms with E-state index in [1.165, 1.54) is 0 Å². The Bertz CT molecular complexity index is 484. The molecule has 2 rings (SSSR count). The normalized spacial score (nSPS) is 22.4. The average Bonchev–Trinajstić information content (AvgIpc) is 3.05. The number of imidazole rings is 1. The maximum Gasteiger partial charge on any atom is 0.311 e. The van der Waals surface area contributed by atoms with Gasteiger partial charge in [-0.2, -0.15) is 0 Å². The molecule has 0 aliphatic carbocycles. The molecule has 0 radical (unpaired) electrons. The number of amides is 1. The second kappa shape index (κ2) is 5.64. The summed E-state index contributed by atoms with van der Waals surface area (Å²) in [6.45, 7) is 5.26. The van der Waals surface area contributed by atoms with Gasteiger partial charge in [0.05, 0.1) is 11.7 Å². The molecule has 2 heterocycles. The number of likely N-dealkylation sites (tertiary alicyclic amines) is 1. The first kappa shape index (κ1) is 14.6. The van der Waals surface area contributed by atoms with Gasteiger partial charge in [0.25, 0.3) is 0 Å². The number of carbonyl (C=O) groups is 2. The van der Waals surface area contributed by atoms with Crippen LogP contribution in [-0.2, 0) is 16.1 Å². The van der Waals surface area contributed by atoms with Crippen molar-refractivity contribution in [2.75, 3.05) is 13.1 Å². The van der Waals surface area contributed by atoms with Crippen LogP contribution in [0.25, 0.3) is 0 Å². The number of hydrogen-bond donors (Lipinski definition) is 1. The summed E-state index contributed by atoms with van der Waals surface area (Å²) in [6, 6.07) is 0. The third-order valence-corrected chi connectivity index (χ3v) is 4.33. The van der Waals surface area contributed by atoms with Gasteiger partial charge in [0.1, 0.15) is 0 Å². The van der Waals surface area contributed by atoms with E-state index in [1.807, 2.05) is 24.6 Å². The molecule has 0 aromatic carbocycles. The number of aromatic nitrogens is 2. The highest BCUT2D eigenvalue weighted by Crippen LogP contribution is 2.38. The number of carboxylic acid groups (broad SMARTS) is 1. The molecule has 1 aromatic rings. The monoisotopic (exact) mass is 279 g/mol. The number of carbonyl (C=O) groups excluding carboxylic acids is 1. The Morgan fingerprint density at radius 3 is 2.70 bits per heavy atom. The van der Waals surface area contributed by atoms with Crippen molar-refractivity contribution >= 4 is 11.9 Å². The van der Waals surface area contributed by atoms with Crippen LogP contribution < -0.4 is 0 Å². The third-order valence-electron chi connectivity index (χ3n) is 4.33. The quantitative estimate of drug-likeness (QED) is 0.879. The maximum atomic E-state index is 12.2. The number of nitrogens with zero attached hydrogens (tertiary/aromatic N) is 3. The molecule has 0 spiro atoms. The number of hydrogen-bond acceptors (Lipinski definition) is 3. The molecule has 1 amide bonds. The van der Waals surface area contributed by atoms with Crippen molar-refractivity contribution in [2.24, 2.45) is 11.3 Å². The molecule has 1 atom stereocenters. The maximum absolute atomic E-state index is 12.2. The SMILES string of the molecule is CC(C)C1(C(=O)O)CCN(C(=O)CCn2ccnc2)C1. The minimum atomic E-state index is -0.794. The van der Waals surface area contributed by atoms with Gasteiger partial charge in [-0.1, -0.05) is 13.8 Å². The fraction of sp³-hybridized carbons (Fsp3) is 0.643. The Hall–Kier alpha value is -1.85. The highest BCUT2D eigenvalue weighted by atomic mass is 16.4. The lowest BCUT2D eigenvalue weighted by atomic mass is 9.76. The van der Waals surface area contributed by atoms with Gasteiger partial charge in [-0.25, -0.2) is 4.98 Å². The predicted molar refractivity (Wildman–Crippen MR) is 72.9 cm³/mol. The first-order valence-electron chi connectivity index (χ1n) is 6.92. The highest BCUT2D eigenvalue weighted by Gasteiger charge is 2.48. The highest BCUT2D eigenvalue weighted by molar-refractivity contribution is 5.80. The molecule has 110 valence electrons. The van der Waals surface area contributed by atoms with Crippen LogP contribution in [0.3, 0.4) is 0 Å². The van der Waals surface area contributed by atoms with E-state index in [0.717, 1.165) is 0 Å². The molecule has 1 aliphatic rings. The van der Waals surface area contributed by atoms with Gasteiger partial charge in [-0.3, -0.25) is 9.59 Å². The molecular formula is C14H21N3O3. The van der Waals surface area contributed by atoms with Crippen LogP contribution in [0.2, 0.25) is 0 Å². The lowest BCUT2D eigenvalue weighted by Gasteiger charge is -2.28. The van der Waals surface area contributed by atoms with Crippen LogP contribution in [0, 0.1) is 11.3 Å². The van der Waals surface area contributed by atoms with Crippen LogP contribution in [0.4, 0.5) is 0 Å². The zero-order valence-electron chi connectivity index (χ0n) is 12.0. The van der Waals surface area contributed by atoms with E-state index >= 15 is 0 Å². The van der Waals surface area contributed by atoms with E-state index in [2.05, 4.69) is 4.98 Å². The van der Waals surface area contributed by atoms with E-state index in [4.69, 9.17) is 0 Å². The summed E-state index contributed by atoms with van der Waals surface area (Å²) in [4.78, 5) is 29.3. The molecule has 1 saturated heterocycles. The molecular weight excluding hydrogens is 258 g/mol. The summed E-state index contributed by atoms with van der Waals surface area (Å²) < 4.78 is 1.85. The Kier molecular flexibility index (Phi) is 4.11. The van der Waals surface area contributed by atoms with Crippen molar-refractivity contribution in [3.05, 3.63) is 18.7 Å². The summed E-state index contributed by atoms with van der Waals surface area (Å²) in [5, 5.41) is 9.46. The lowest BCUT2D eigenvalue weighted by molar-refractivity contribution is -0.151. The van der Waals surface area contributed by atoms with E-state index < -0.39 is 11.4 Å². The van der Waals surface area contributed by atoms with Gasteiger partial charge in [-0.05, 0) is 12.3 Å². The number of carboxylic acids is 1. The standard InChI is InChI=1S/C14H21N3O3/c1-11(2)14(13(19)20)4-7-17(9-14)12(18)3-6-16-8-5-15-10-16/h5,8,10-11H,3-4,6-7,9H2,1-2H3,(H,19,20). The van der Waals surface area contributed by atoms with Crippen molar-refractivity contribution in [1.29, 1.82) is 0 Å². The molecule has 1 fully saturated rings. The van der Waals surface area contributed by atoms with Gasteiger partial charge in [0, 0.05) is 38.4 Å². The van der Waals surface area contributed by atoms with Crippen molar-refractivity contribution in [1.82, 2.24) is 14.5 Å². The summed E-state index contributed by atoms with van der Waals surface area (Å²) >= 11 is 0. The Morgan fingerprint density at radius 2 is 2.20 bits per heavy atom. The summed E-state index contributed by atoms with van der Waals surface area (Å²) in [6.07, 6.45) is 6.08. The van der Waals surface area contributed by atoms with E-state index in [9.17, 15) is 14.7 Å². The summed E-state index contributed by atoms with van der Waals surface area (Å²) in [7, 11) is 0. The minimum Gasteiger partial charge on any atom is -0.481 e. The van der Waals surface area contributed by atoms with Crippen LogP contribution in [0.1, 0.15) is 26.7 Å². The zero-order chi connectivity index (χ0) is 14.8. The first-order valence-corrected chi connectivity index (χ1v) is 6.92. The molecule has 0 bridgehead atoms. The van der Waals surface area contributed by atoms with Gasteiger partial charge in [0.2, 0.25) is 5.91 Å². The van der Waals surface area contributed by atoms with Gasteiger partial charge in [0.15, 0.2) is 0 Å². The fourth-order valence-electron chi connectivity index (χ4n) is 2.74. The first-order chi connectivity index (χ1) is 9.45. The molecule has 1 aromatic heterocycles. The van der Waals surface area contributed by atoms with Crippen LogP contribution in [0.5, 0.6) is 0 Å². The number of aryl methyl sites for hydroxylation is 1. The molecule has 1 unspecified atom stereocenters. The van der Waals surface area contributed by atoms with Crippen LogP contribution in [0.15, 0.2) is 18.7 Å². The molecule has 0 saturated carbocycles.